The van der Waals surface area contributed by atoms with Gasteiger partial charge in [0.05, 0.1) is 21.5 Å². The van der Waals surface area contributed by atoms with Gasteiger partial charge in [-0.25, -0.2) is 13.4 Å². The van der Waals surface area contributed by atoms with Gasteiger partial charge in [0.1, 0.15) is 0 Å². The van der Waals surface area contributed by atoms with Crippen LogP contribution in [0.5, 0.6) is 0 Å². The number of anilines is 1. The first kappa shape index (κ1) is 17.6. The van der Waals surface area contributed by atoms with E-state index < -0.39 is 9.84 Å². The minimum absolute atomic E-state index is 0.143. The third-order valence-corrected chi connectivity index (χ3v) is 5.93. The summed E-state index contributed by atoms with van der Waals surface area (Å²) in [6.45, 7) is 3.97. The molecule has 0 spiro atoms. The Bertz CT molecular complexity index is 1070. The maximum absolute atomic E-state index is 12.3. The standard InChI is InChI=1S/C18H18N2O3S2/c1-11-4-5-12(2)13(8-11)9-17(21)20-18-19-15-7-6-14(25(3,22)23)10-16(15)24-18/h4-8,10H,9H2,1-3H3,(H,19,20,21). The second-order valence-corrected chi connectivity index (χ2v) is 9.12. The van der Waals surface area contributed by atoms with E-state index in [1.165, 1.54) is 23.7 Å². The molecule has 1 aromatic heterocycles. The van der Waals surface area contributed by atoms with Crippen LogP contribution in [0.1, 0.15) is 16.7 Å². The molecule has 2 aromatic carbocycles. The average molecular weight is 374 g/mol. The van der Waals surface area contributed by atoms with Crippen molar-refractivity contribution in [1.82, 2.24) is 4.98 Å². The summed E-state index contributed by atoms with van der Waals surface area (Å²) < 4.78 is 24.0. The molecule has 3 aromatic rings. The molecule has 0 saturated carbocycles. The smallest absolute Gasteiger partial charge is 0.230 e. The Kier molecular flexibility index (Phi) is 4.62. The third kappa shape index (κ3) is 4.05. The lowest BCUT2D eigenvalue weighted by molar-refractivity contribution is -0.115. The van der Waals surface area contributed by atoms with Crippen LogP contribution in [0.25, 0.3) is 10.2 Å². The first-order valence-corrected chi connectivity index (χ1v) is 10.4. The van der Waals surface area contributed by atoms with Crippen LogP contribution in [0.2, 0.25) is 0 Å². The van der Waals surface area contributed by atoms with Crippen LogP contribution < -0.4 is 5.32 Å². The van der Waals surface area contributed by atoms with Gasteiger partial charge in [-0.1, -0.05) is 35.1 Å². The predicted octanol–water partition coefficient (Wildman–Crippen LogP) is 3.50. The van der Waals surface area contributed by atoms with Gasteiger partial charge in [0.25, 0.3) is 0 Å². The summed E-state index contributed by atoms with van der Waals surface area (Å²) in [5.74, 6) is -0.143. The molecule has 0 unspecified atom stereocenters. The van der Waals surface area contributed by atoms with Gasteiger partial charge in [0.15, 0.2) is 15.0 Å². The van der Waals surface area contributed by atoms with Crippen LogP contribution in [0.3, 0.4) is 0 Å². The van der Waals surface area contributed by atoms with Crippen molar-refractivity contribution in [2.45, 2.75) is 25.2 Å². The highest BCUT2D eigenvalue weighted by Gasteiger charge is 2.13. The van der Waals surface area contributed by atoms with Crippen LogP contribution in [0.4, 0.5) is 5.13 Å². The van der Waals surface area contributed by atoms with E-state index in [9.17, 15) is 13.2 Å². The number of nitrogens with zero attached hydrogens (tertiary/aromatic N) is 1. The monoisotopic (exact) mass is 374 g/mol. The number of amides is 1. The van der Waals surface area contributed by atoms with Crippen molar-refractivity contribution in [3.63, 3.8) is 0 Å². The van der Waals surface area contributed by atoms with Crippen LogP contribution in [0.15, 0.2) is 41.3 Å². The van der Waals surface area contributed by atoms with Crippen molar-refractivity contribution >= 4 is 42.4 Å². The molecule has 0 aliphatic carbocycles. The lowest BCUT2D eigenvalue weighted by atomic mass is 10.0. The van der Waals surface area contributed by atoms with Crippen LogP contribution in [-0.4, -0.2) is 25.6 Å². The molecule has 0 atom stereocenters. The predicted molar refractivity (Wildman–Crippen MR) is 101 cm³/mol. The zero-order valence-electron chi connectivity index (χ0n) is 14.2. The molecule has 7 heteroatoms. The molecule has 25 heavy (non-hydrogen) atoms. The van der Waals surface area contributed by atoms with Gasteiger partial charge in [-0.2, -0.15) is 0 Å². The van der Waals surface area contributed by atoms with Gasteiger partial charge in [0, 0.05) is 6.26 Å². The minimum atomic E-state index is -3.27. The highest BCUT2D eigenvalue weighted by atomic mass is 32.2. The Balaban J connectivity index is 1.80. The molecule has 1 amide bonds. The lowest BCUT2D eigenvalue weighted by Crippen LogP contribution is -2.14. The van der Waals surface area contributed by atoms with E-state index in [0.29, 0.717) is 10.6 Å². The number of carbonyl (C=O) groups excluding carboxylic acids is 1. The number of nitrogens with one attached hydrogen (secondary N) is 1. The Hall–Kier alpha value is -2.25. The maximum Gasteiger partial charge on any atom is 0.230 e. The molecule has 3 rings (SSSR count). The second-order valence-electron chi connectivity index (χ2n) is 6.08. The van der Waals surface area contributed by atoms with E-state index in [1.54, 1.807) is 12.1 Å². The summed E-state index contributed by atoms with van der Waals surface area (Å²) in [4.78, 5) is 16.9. The summed E-state index contributed by atoms with van der Waals surface area (Å²) in [6, 6.07) is 10.8. The number of thiazole rings is 1. The molecule has 0 fully saturated rings. The molecule has 0 radical (unpaired) electrons. The Labute approximate surface area is 150 Å². The van der Waals surface area contributed by atoms with Gasteiger partial charge in [0.2, 0.25) is 5.91 Å². The van der Waals surface area contributed by atoms with E-state index in [0.717, 1.165) is 21.4 Å². The van der Waals surface area contributed by atoms with Crippen molar-refractivity contribution in [2.75, 3.05) is 11.6 Å². The fourth-order valence-corrected chi connectivity index (χ4v) is 4.16. The maximum atomic E-state index is 12.3. The average Bonchev–Trinajstić information content (AvgIpc) is 2.91. The second kappa shape index (κ2) is 6.57. The number of hydrogen-bond acceptors (Lipinski definition) is 5. The first-order chi connectivity index (χ1) is 11.7. The van der Waals surface area contributed by atoms with Crippen LogP contribution >= 0.6 is 11.3 Å². The number of carbonyl (C=O) groups is 1. The number of fused-ring (bicyclic) bond motifs is 1. The van der Waals surface area contributed by atoms with Gasteiger partial charge >= 0.3 is 0 Å². The molecule has 1 N–H and O–H groups in total. The van der Waals surface area contributed by atoms with Gasteiger partial charge < -0.3 is 5.32 Å². The van der Waals surface area contributed by atoms with Gasteiger partial charge in [-0.05, 0) is 43.2 Å². The third-order valence-electron chi connectivity index (χ3n) is 3.89. The summed E-state index contributed by atoms with van der Waals surface area (Å²) in [5, 5.41) is 3.27. The zero-order valence-corrected chi connectivity index (χ0v) is 15.8. The topological polar surface area (TPSA) is 76.1 Å². The van der Waals surface area contributed by atoms with Crippen molar-refractivity contribution in [3.05, 3.63) is 53.1 Å². The minimum Gasteiger partial charge on any atom is -0.302 e. The molecule has 5 nitrogen and oxygen atoms in total. The zero-order chi connectivity index (χ0) is 18.2. The molecule has 0 aliphatic rings. The van der Waals surface area contributed by atoms with Gasteiger partial charge in [-0.15, -0.1) is 0 Å². The SMILES string of the molecule is Cc1ccc(C)c(CC(=O)Nc2nc3ccc(S(C)(=O)=O)cc3s2)c1. The van der Waals surface area contributed by atoms with Crippen LogP contribution in [-0.2, 0) is 21.1 Å². The fraction of sp³-hybridized carbons (Fsp3) is 0.222. The summed E-state index contributed by atoms with van der Waals surface area (Å²) in [7, 11) is -3.27. The summed E-state index contributed by atoms with van der Waals surface area (Å²) >= 11 is 1.27. The van der Waals surface area contributed by atoms with Crippen molar-refractivity contribution in [2.24, 2.45) is 0 Å². The normalized spacial score (nSPS) is 11.6. The molecule has 0 bridgehead atoms. The molecule has 130 valence electrons. The Morgan fingerprint density at radius 2 is 1.92 bits per heavy atom. The van der Waals surface area contributed by atoms with Crippen molar-refractivity contribution in [3.8, 4) is 0 Å². The van der Waals surface area contributed by atoms with E-state index in [2.05, 4.69) is 10.3 Å². The largest absolute Gasteiger partial charge is 0.302 e. The molecular formula is C18H18N2O3S2. The highest BCUT2D eigenvalue weighted by molar-refractivity contribution is 7.90. The van der Waals surface area contributed by atoms with E-state index in [1.807, 2.05) is 32.0 Å². The first-order valence-electron chi connectivity index (χ1n) is 7.69. The Morgan fingerprint density at radius 1 is 1.16 bits per heavy atom. The summed E-state index contributed by atoms with van der Waals surface area (Å²) in [6.07, 6.45) is 1.44. The number of benzene rings is 2. The van der Waals surface area contributed by atoms with E-state index in [4.69, 9.17) is 0 Å². The fourth-order valence-electron chi connectivity index (χ4n) is 2.52. The summed E-state index contributed by atoms with van der Waals surface area (Å²) in [5.41, 5.74) is 3.84. The van der Waals surface area contributed by atoms with E-state index in [-0.39, 0.29) is 17.2 Å². The van der Waals surface area contributed by atoms with Crippen LogP contribution in [0, 0.1) is 13.8 Å². The van der Waals surface area contributed by atoms with Crippen molar-refractivity contribution < 1.29 is 13.2 Å². The molecule has 0 aliphatic heterocycles. The lowest BCUT2D eigenvalue weighted by Gasteiger charge is -2.06. The number of rotatable bonds is 4. The number of hydrogen-bond donors (Lipinski definition) is 1. The van der Waals surface area contributed by atoms with E-state index >= 15 is 0 Å². The van der Waals surface area contributed by atoms with Gasteiger partial charge in [-0.3, -0.25) is 4.79 Å². The number of sulfone groups is 1. The molecule has 0 saturated heterocycles. The highest BCUT2D eigenvalue weighted by Crippen LogP contribution is 2.28. The Morgan fingerprint density at radius 3 is 2.64 bits per heavy atom. The molecular weight excluding hydrogens is 356 g/mol. The molecule has 1 heterocycles. The quantitative estimate of drug-likeness (QED) is 0.758. The number of aryl methyl sites for hydroxylation is 2. The number of aromatic nitrogens is 1. The van der Waals surface area contributed by atoms with Crippen molar-refractivity contribution in [1.29, 1.82) is 0 Å².